The summed E-state index contributed by atoms with van der Waals surface area (Å²) in [6.45, 7) is 4.70. The number of rotatable bonds is 4. The molecule has 0 saturated heterocycles. The fraction of sp³-hybridized carbons (Fsp3) is 0.286. The lowest BCUT2D eigenvalue weighted by Crippen LogP contribution is -2.11. The zero-order valence-electron chi connectivity index (χ0n) is 10.6. The van der Waals surface area contributed by atoms with Gasteiger partial charge in [-0.25, -0.2) is 9.78 Å². The minimum atomic E-state index is -0.332. The third-order valence-electron chi connectivity index (χ3n) is 2.62. The average Bonchev–Trinajstić information content (AvgIpc) is 2.40. The Morgan fingerprint density at radius 1 is 1.28 bits per heavy atom. The highest BCUT2D eigenvalue weighted by Crippen LogP contribution is 2.22. The van der Waals surface area contributed by atoms with Crippen molar-refractivity contribution in [2.45, 2.75) is 20.3 Å². The van der Waals surface area contributed by atoms with E-state index in [0.717, 1.165) is 29.0 Å². The second-order valence-corrected chi connectivity index (χ2v) is 4.12. The second-order valence-electron chi connectivity index (χ2n) is 4.12. The van der Waals surface area contributed by atoms with Gasteiger partial charge in [-0.05, 0) is 48.7 Å². The number of H-pyrrole nitrogens is 1. The molecule has 0 atom stereocenters. The molecular formula is C14H16N2O2. The van der Waals surface area contributed by atoms with Crippen LogP contribution in [0.25, 0.3) is 11.3 Å². The van der Waals surface area contributed by atoms with Gasteiger partial charge < -0.3 is 9.72 Å². The number of nitrogens with one attached hydrogen (secondary N) is 1. The molecule has 0 aliphatic carbocycles. The van der Waals surface area contributed by atoms with Crippen molar-refractivity contribution >= 4 is 0 Å². The molecule has 4 nitrogen and oxygen atoms in total. The van der Waals surface area contributed by atoms with E-state index in [0.29, 0.717) is 6.61 Å². The van der Waals surface area contributed by atoms with Gasteiger partial charge in [0.25, 0.3) is 0 Å². The molecule has 0 amide bonds. The van der Waals surface area contributed by atoms with Gasteiger partial charge in [0.15, 0.2) is 0 Å². The van der Waals surface area contributed by atoms with Crippen LogP contribution < -0.4 is 10.4 Å². The number of aromatic amines is 1. The standard InChI is InChI=1S/C14H16N2O2/c1-3-8-18-12-6-4-11(5-7-12)13-10(2)9-15-14(17)16-13/h4-7,9H,3,8H2,1-2H3,(H,15,16,17). The van der Waals surface area contributed by atoms with Crippen molar-refractivity contribution in [1.82, 2.24) is 9.97 Å². The van der Waals surface area contributed by atoms with Crippen molar-refractivity contribution in [2.24, 2.45) is 0 Å². The maximum atomic E-state index is 11.2. The smallest absolute Gasteiger partial charge is 0.345 e. The van der Waals surface area contributed by atoms with Crippen LogP contribution in [0.15, 0.2) is 35.3 Å². The van der Waals surface area contributed by atoms with E-state index >= 15 is 0 Å². The molecule has 18 heavy (non-hydrogen) atoms. The fourth-order valence-electron chi connectivity index (χ4n) is 1.70. The molecule has 1 heterocycles. The molecular weight excluding hydrogens is 228 g/mol. The largest absolute Gasteiger partial charge is 0.494 e. The molecule has 0 radical (unpaired) electrons. The van der Waals surface area contributed by atoms with Crippen LogP contribution in [0.5, 0.6) is 5.75 Å². The topological polar surface area (TPSA) is 55.0 Å². The molecule has 0 bridgehead atoms. The van der Waals surface area contributed by atoms with E-state index in [4.69, 9.17) is 4.74 Å². The van der Waals surface area contributed by atoms with Crippen LogP contribution in [0, 0.1) is 6.92 Å². The summed E-state index contributed by atoms with van der Waals surface area (Å²) in [5.74, 6) is 0.842. The summed E-state index contributed by atoms with van der Waals surface area (Å²) in [6, 6.07) is 7.68. The second kappa shape index (κ2) is 5.49. The Hall–Kier alpha value is -2.10. The maximum Gasteiger partial charge on any atom is 0.345 e. The maximum absolute atomic E-state index is 11.2. The van der Waals surface area contributed by atoms with Gasteiger partial charge in [0, 0.05) is 6.20 Å². The number of aromatic nitrogens is 2. The van der Waals surface area contributed by atoms with Crippen molar-refractivity contribution in [1.29, 1.82) is 0 Å². The first-order chi connectivity index (χ1) is 8.70. The van der Waals surface area contributed by atoms with E-state index in [1.165, 1.54) is 0 Å². The van der Waals surface area contributed by atoms with Crippen molar-refractivity contribution < 1.29 is 4.74 Å². The molecule has 2 aromatic rings. The van der Waals surface area contributed by atoms with Gasteiger partial charge in [-0.1, -0.05) is 6.92 Å². The van der Waals surface area contributed by atoms with Crippen molar-refractivity contribution in [3.63, 3.8) is 0 Å². The monoisotopic (exact) mass is 244 g/mol. The van der Waals surface area contributed by atoms with E-state index in [1.54, 1.807) is 6.20 Å². The highest BCUT2D eigenvalue weighted by Gasteiger charge is 2.03. The van der Waals surface area contributed by atoms with Gasteiger partial charge in [-0.2, -0.15) is 0 Å². The quantitative estimate of drug-likeness (QED) is 0.899. The van der Waals surface area contributed by atoms with E-state index < -0.39 is 0 Å². The van der Waals surface area contributed by atoms with Crippen molar-refractivity contribution in [3.8, 4) is 17.0 Å². The number of nitrogens with zero attached hydrogens (tertiary/aromatic N) is 1. The third-order valence-corrected chi connectivity index (χ3v) is 2.62. The van der Waals surface area contributed by atoms with E-state index in [2.05, 4.69) is 16.9 Å². The van der Waals surface area contributed by atoms with Gasteiger partial charge in [0.05, 0.1) is 12.3 Å². The summed E-state index contributed by atoms with van der Waals surface area (Å²) in [6.07, 6.45) is 2.56. The van der Waals surface area contributed by atoms with Crippen LogP contribution in [0.3, 0.4) is 0 Å². The first kappa shape index (κ1) is 12.4. The molecule has 1 aromatic carbocycles. The zero-order chi connectivity index (χ0) is 13.0. The van der Waals surface area contributed by atoms with Gasteiger partial charge >= 0.3 is 5.69 Å². The van der Waals surface area contributed by atoms with Crippen molar-refractivity contribution in [3.05, 3.63) is 46.5 Å². The van der Waals surface area contributed by atoms with Gasteiger partial charge in [0.1, 0.15) is 5.75 Å². The summed E-state index contributed by atoms with van der Waals surface area (Å²) in [5, 5.41) is 0. The molecule has 0 saturated carbocycles. The number of benzene rings is 1. The average molecular weight is 244 g/mol. The van der Waals surface area contributed by atoms with Gasteiger partial charge in [-0.15, -0.1) is 0 Å². The lowest BCUT2D eigenvalue weighted by Gasteiger charge is -2.07. The molecule has 0 aliphatic rings. The van der Waals surface area contributed by atoms with Crippen LogP contribution in [0.1, 0.15) is 18.9 Å². The summed E-state index contributed by atoms with van der Waals surface area (Å²) >= 11 is 0. The molecule has 0 spiro atoms. The number of aryl methyl sites for hydroxylation is 1. The fourth-order valence-corrected chi connectivity index (χ4v) is 1.70. The lowest BCUT2D eigenvalue weighted by molar-refractivity contribution is 0.317. The Kier molecular flexibility index (Phi) is 3.77. The predicted molar refractivity (Wildman–Crippen MR) is 70.8 cm³/mol. The van der Waals surface area contributed by atoms with Crippen LogP contribution in [-0.2, 0) is 0 Å². The van der Waals surface area contributed by atoms with Gasteiger partial charge in [0.2, 0.25) is 0 Å². The molecule has 1 aromatic heterocycles. The molecule has 2 rings (SSSR count). The Morgan fingerprint density at radius 2 is 2.00 bits per heavy atom. The van der Waals surface area contributed by atoms with Crippen LogP contribution >= 0.6 is 0 Å². The predicted octanol–water partition coefficient (Wildman–Crippen LogP) is 2.53. The summed E-state index contributed by atoms with van der Waals surface area (Å²) < 4.78 is 5.52. The highest BCUT2D eigenvalue weighted by molar-refractivity contribution is 5.62. The van der Waals surface area contributed by atoms with E-state index in [1.807, 2.05) is 31.2 Å². The SMILES string of the molecule is CCCOc1ccc(-c2[nH]c(=O)ncc2C)cc1. The molecule has 94 valence electrons. The van der Waals surface area contributed by atoms with E-state index in [-0.39, 0.29) is 5.69 Å². The first-order valence-corrected chi connectivity index (χ1v) is 6.00. The minimum absolute atomic E-state index is 0.332. The van der Waals surface area contributed by atoms with Gasteiger partial charge in [-0.3, -0.25) is 0 Å². The van der Waals surface area contributed by atoms with Crippen LogP contribution in [0.4, 0.5) is 0 Å². The molecule has 4 heteroatoms. The molecule has 0 fully saturated rings. The van der Waals surface area contributed by atoms with Crippen LogP contribution in [-0.4, -0.2) is 16.6 Å². The highest BCUT2D eigenvalue weighted by atomic mass is 16.5. The Bertz CT molecular complexity index is 573. The zero-order valence-corrected chi connectivity index (χ0v) is 10.6. The lowest BCUT2D eigenvalue weighted by atomic mass is 10.1. The van der Waals surface area contributed by atoms with E-state index in [9.17, 15) is 4.79 Å². The number of hydrogen-bond acceptors (Lipinski definition) is 3. The minimum Gasteiger partial charge on any atom is -0.494 e. The Labute approximate surface area is 106 Å². The molecule has 1 N–H and O–H groups in total. The summed E-state index contributed by atoms with van der Waals surface area (Å²) in [4.78, 5) is 17.7. The first-order valence-electron chi connectivity index (χ1n) is 6.00. The third kappa shape index (κ3) is 2.77. The molecule has 0 aliphatic heterocycles. The normalized spacial score (nSPS) is 10.3. The number of hydrogen-bond donors (Lipinski definition) is 1. The van der Waals surface area contributed by atoms with Crippen LogP contribution in [0.2, 0.25) is 0 Å². The molecule has 0 unspecified atom stereocenters. The number of ether oxygens (including phenoxy) is 1. The Balaban J connectivity index is 2.28. The summed E-state index contributed by atoms with van der Waals surface area (Å²) in [5.41, 5.74) is 2.37. The summed E-state index contributed by atoms with van der Waals surface area (Å²) in [7, 11) is 0. The Morgan fingerprint density at radius 3 is 2.67 bits per heavy atom. The van der Waals surface area contributed by atoms with Crippen molar-refractivity contribution in [2.75, 3.05) is 6.61 Å².